The summed E-state index contributed by atoms with van der Waals surface area (Å²) in [4.78, 5) is 3.58. The Morgan fingerprint density at radius 3 is 2.34 bits per heavy atom. The van der Waals surface area contributed by atoms with Gasteiger partial charge in [0.15, 0.2) is 6.61 Å². The van der Waals surface area contributed by atoms with Crippen molar-refractivity contribution in [3.05, 3.63) is 46.6 Å². The van der Waals surface area contributed by atoms with Crippen molar-refractivity contribution in [3.8, 4) is 0 Å². The number of hydrogen-bond acceptors (Lipinski definition) is 7. The van der Waals surface area contributed by atoms with Gasteiger partial charge in [-0.05, 0) is 43.3 Å². The van der Waals surface area contributed by atoms with Gasteiger partial charge in [-0.1, -0.05) is 15.9 Å². The van der Waals surface area contributed by atoms with E-state index >= 15 is 0 Å². The molecular formula is C16H16BrF3NO6PS. The van der Waals surface area contributed by atoms with Crippen molar-refractivity contribution < 1.29 is 40.0 Å². The lowest BCUT2D eigenvalue weighted by Gasteiger charge is -2.19. The van der Waals surface area contributed by atoms with Crippen molar-refractivity contribution in [1.82, 2.24) is 4.98 Å². The van der Waals surface area contributed by atoms with Crippen LogP contribution in [0.2, 0.25) is 0 Å². The van der Waals surface area contributed by atoms with Gasteiger partial charge in [0.05, 0.1) is 23.8 Å². The van der Waals surface area contributed by atoms with Crippen LogP contribution >= 0.6 is 23.3 Å². The maximum absolute atomic E-state index is 13.5. The first-order chi connectivity index (χ1) is 13.4. The zero-order valence-corrected chi connectivity index (χ0v) is 18.2. The van der Waals surface area contributed by atoms with Gasteiger partial charge in [0, 0.05) is 9.78 Å². The molecule has 1 aromatic heterocycles. The van der Waals surface area contributed by atoms with Crippen LogP contribution < -0.4 is 10.7 Å². The number of aliphatic hydroxyl groups excluding tert-OH is 1. The molecule has 2 rings (SSSR count). The molecule has 0 amide bonds. The van der Waals surface area contributed by atoms with E-state index in [1.165, 1.54) is 12.1 Å². The Labute approximate surface area is 173 Å². The third-order valence-corrected chi connectivity index (χ3v) is 7.61. The number of pyridine rings is 1. The fourth-order valence-corrected chi connectivity index (χ4v) is 5.82. The lowest BCUT2D eigenvalue weighted by atomic mass is 10.4. The van der Waals surface area contributed by atoms with E-state index in [4.69, 9.17) is 4.52 Å². The van der Waals surface area contributed by atoms with Crippen LogP contribution in [-0.4, -0.2) is 37.9 Å². The molecule has 7 nitrogen and oxygen atoms in total. The second-order valence-corrected chi connectivity index (χ2v) is 10.5. The van der Waals surface area contributed by atoms with Crippen molar-refractivity contribution in [2.75, 3.05) is 13.2 Å². The number of benzene rings is 1. The van der Waals surface area contributed by atoms with Crippen LogP contribution in [-0.2, 0) is 30.0 Å². The van der Waals surface area contributed by atoms with Gasteiger partial charge in [-0.25, -0.2) is 4.98 Å². The van der Waals surface area contributed by atoms with E-state index in [9.17, 15) is 31.3 Å². The van der Waals surface area contributed by atoms with Gasteiger partial charge < -0.3 is 9.63 Å². The number of rotatable bonds is 8. The van der Waals surface area contributed by atoms with E-state index in [2.05, 4.69) is 25.1 Å². The van der Waals surface area contributed by atoms with E-state index in [0.717, 1.165) is 24.3 Å². The Morgan fingerprint density at radius 1 is 1.21 bits per heavy atom. The molecule has 0 aliphatic rings. The van der Waals surface area contributed by atoms with Gasteiger partial charge in [0.1, 0.15) is 5.44 Å². The van der Waals surface area contributed by atoms with E-state index in [1.54, 1.807) is 6.92 Å². The quantitative estimate of drug-likeness (QED) is 0.424. The molecule has 29 heavy (non-hydrogen) atoms. The number of hydrogen-bond donors (Lipinski definition) is 1. The molecule has 0 aliphatic heterocycles. The molecule has 0 aliphatic carbocycles. The van der Waals surface area contributed by atoms with E-state index in [-0.39, 0.29) is 23.0 Å². The molecule has 0 radical (unpaired) electrons. The van der Waals surface area contributed by atoms with Crippen LogP contribution in [0.15, 0.2) is 45.8 Å². The van der Waals surface area contributed by atoms with Gasteiger partial charge in [-0.2, -0.15) is 21.6 Å². The Hall–Kier alpha value is -1.30. The highest BCUT2D eigenvalue weighted by Crippen LogP contribution is 2.44. The highest BCUT2D eigenvalue weighted by Gasteiger charge is 2.33. The Kier molecular flexibility index (Phi) is 7.63. The number of alkyl halides is 3. The van der Waals surface area contributed by atoms with Crippen LogP contribution in [0.3, 0.4) is 0 Å². The summed E-state index contributed by atoms with van der Waals surface area (Å²) in [6, 6.07) is 7.21. The molecule has 1 heterocycles. The Balaban J connectivity index is 2.43. The average molecular weight is 518 g/mol. The van der Waals surface area contributed by atoms with Crippen LogP contribution in [0.4, 0.5) is 13.2 Å². The van der Waals surface area contributed by atoms with Gasteiger partial charge in [0.2, 0.25) is 0 Å². The van der Waals surface area contributed by atoms with Crippen molar-refractivity contribution in [3.63, 3.8) is 0 Å². The van der Waals surface area contributed by atoms with Gasteiger partial charge in [0.25, 0.3) is 17.5 Å². The first kappa shape index (κ1) is 24.0. The molecule has 0 fully saturated rings. The highest BCUT2D eigenvalue weighted by molar-refractivity contribution is 9.10. The molecule has 1 aromatic carbocycles. The zero-order chi connectivity index (χ0) is 21.9. The van der Waals surface area contributed by atoms with Gasteiger partial charge >= 0.3 is 6.18 Å². The molecule has 0 saturated carbocycles. The largest absolute Gasteiger partial charge is 0.413 e. The van der Waals surface area contributed by atoms with Crippen molar-refractivity contribution >= 4 is 44.2 Å². The standard InChI is InChI=1S/C16H16BrF3NO6PS/c1-2-26-28(23,15-8-11(17)7-12(9-22)21-15)13-3-5-14(6-4-13)29(24,25)27-10-16(18,19)20/h3-8,22H,2,9-10H2,1H3. The summed E-state index contributed by atoms with van der Waals surface area (Å²) in [6.45, 7) is -0.733. The molecule has 0 saturated heterocycles. The predicted octanol–water partition coefficient (Wildman–Crippen LogP) is 2.87. The fourth-order valence-electron chi connectivity index (χ4n) is 2.24. The summed E-state index contributed by atoms with van der Waals surface area (Å²) in [7, 11) is -8.43. The van der Waals surface area contributed by atoms with Crippen molar-refractivity contribution in [2.45, 2.75) is 24.6 Å². The molecule has 1 atom stereocenters. The highest BCUT2D eigenvalue weighted by atomic mass is 79.9. The monoisotopic (exact) mass is 517 g/mol. The molecule has 0 bridgehead atoms. The van der Waals surface area contributed by atoms with Gasteiger partial charge in [-0.15, -0.1) is 0 Å². The summed E-state index contributed by atoms with van der Waals surface area (Å²) >= 11 is 3.23. The second kappa shape index (κ2) is 9.23. The van der Waals surface area contributed by atoms with Crippen LogP contribution in [0.5, 0.6) is 0 Å². The van der Waals surface area contributed by atoms with Crippen LogP contribution in [0, 0.1) is 0 Å². The number of aromatic nitrogens is 1. The van der Waals surface area contributed by atoms with E-state index in [0.29, 0.717) is 4.47 Å². The minimum atomic E-state index is -4.81. The third-order valence-electron chi connectivity index (χ3n) is 3.45. The number of aliphatic hydroxyl groups is 1. The summed E-state index contributed by atoms with van der Waals surface area (Å²) in [5.41, 5.74) is 0.246. The minimum Gasteiger partial charge on any atom is -0.390 e. The fraction of sp³-hybridized carbons (Fsp3) is 0.312. The van der Waals surface area contributed by atoms with Crippen molar-refractivity contribution in [1.29, 1.82) is 0 Å². The van der Waals surface area contributed by atoms with Crippen LogP contribution in [0.25, 0.3) is 0 Å². The molecule has 13 heteroatoms. The summed E-state index contributed by atoms with van der Waals surface area (Å²) in [6.07, 6.45) is -4.81. The zero-order valence-electron chi connectivity index (χ0n) is 14.9. The summed E-state index contributed by atoms with van der Waals surface area (Å²) in [5.74, 6) is 0. The van der Waals surface area contributed by atoms with E-state index in [1.807, 2.05) is 0 Å². The van der Waals surface area contributed by atoms with E-state index < -0.39 is 41.8 Å². The number of halogens is 4. The molecule has 160 valence electrons. The van der Waals surface area contributed by atoms with Gasteiger partial charge in [-0.3, -0.25) is 8.75 Å². The Morgan fingerprint density at radius 2 is 1.83 bits per heavy atom. The average Bonchev–Trinajstić information content (AvgIpc) is 2.65. The molecule has 0 spiro atoms. The van der Waals surface area contributed by atoms with Crippen LogP contribution in [0.1, 0.15) is 12.6 Å². The SMILES string of the molecule is CCOP(=O)(c1ccc(S(=O)(=O)OCC(F)(F)F)cc1)c1cc(Br)cc(CO)n1. The molecule has 1 unspecified atom stereocenters. The third kappa shape index (κ3) is 6.09. The first-order valence-corrected chi connectivity index (χ1v) is 11.8. The predicted molar refractivity (Wildman–Crippen MR) is 102 cm³/mol. The maximum Gasteiger partial charge on any atom is 0.413 e. The topological polar surface area (TPSA) is 103 Å². The van der Waals surface area contributed by atoms with Crippen molar-refractivity contribution in [2.24, 2.45) is 0 Å². The second-order valence-electron chi connectivity index (χ2n) is 5.59. The molecule has 2 aromatic rings. The number of nitrogens with zero attached hydrogens (tertiary/aromatic N) is 1. The molecular weight excluding hydrogens is 502 g/mol. The minimum absolute atomic E-state index is 0.0155. The Bertz CT molecular complexity index is 1010. The lowest BCUT2D eigenvalue weighted by Crippen LogP contribution is -2.23. The normalized spacial score (nSPS) is 14.6. The molecule has 1 N–H and O–H groups in total. The lowest BCUT2D eigenvalue weighted by molar-refractivity contribution is -0.152. The maximum atomic E-state index is 13.5. The smallest absolute Gasteiger partial charge is 0.390 e. The summed E-state index contributed by atoms with van der Waals surface area (Å²) in [5, 5.41) is 9.38. The summed E-state index contributed by atoms with van der Waals surface area (Å²) < 4.78 is 83.9. The first-order valence-electron chi connectivity index (χ1n) is 8.00.